The first-order valence-corrected chi connectivity index (χ1v) is 5.68. The molecule has 0 atom stereocenters. The van der Waals surface area contributed by atoms with Crippen LogP contribution in [-0.2, 0) is 0 Å². The molecule has 1 nitrogen and oxygen atoms in total. The van der Waals surface area contributed by atoms with E-state index in [1.807, 2.05) is 0 Å². The Kier molecular flexibility index (Phi) is 3.64. The Labute approximate surface area is 112 Å². The molecule has 0 aromatic heterocycles. The Morgan fingerprint density at radius 2 is 1.56 bits per heavy atom. The average Bonchev–Trinajstić information content (AvgIpc) is 2.36. The monoisotopic (exact) mass is 286 g/mol. The largest absolute Gasteiger partial charge is 0.298 e. The molecule has 0 radical (unpaired) electrons. The average molecular weight is 287 g/mol. The van der Waals surface area contributed by atoms with E-state index in [1.165, 1.54) is 12.1 Å². The molecule has 0 bridgehead atoms. The lowest BCUT2D eigenvalue weighted by atomic mass is 10.0. The van der Waals surface area contributed by atoms with Gasteiger partial charge in [-0.05, 0) is 35.4 Å². The Hall–Kier alpha value is -1.45. The minimum absolute atomic E-state index is 0.255. The Morgan fingerprint density at radius 1 is 0.944 bits per heavy atom. The molecule has 0 heterocycles. The third-order valence-electron chi connectivity index (χ3n) is 2.44. The maximum Gasteiger partial charge on any atom is 0.151 e. The fourth-order valence-corrected chi connectivity index (χ4v) is 1.81. The maximum absolute atomic E-state index is 13.3. The molecule has 2 aromatic rings. The molecule has 0 saturated heterocycles. The van der Waals surface area contributed by atoms with Crippen molar-refractivity contribution in [2.45, 2.75) is 0 Å². The summed E-state index contributed by atoms with van der Waals surface area (Å²) in [6, 6.07) is 6.71. The predicted octanol–water partition coefficient (Wildman–Crippen LogP) is 4.75. The molecule has 0 aliphatic carbocycles. The smallest absolute Gasteiger partial charge is 0.151 e. The van der Waals surface area contributed by atoms with E-state index >= 15 is 0 Å². The van der Waals surface area contributed by atoms with Crippen LogP contribution in [-0.4, -0.2) is 6.29 Å². The van der Waals surface area contributed by atoms with E-state index in [1.54, 1.807) is 6.07 Å². The fraction of sp³-hybridized carbons (Fsp3) is 0. The molecule has 0 unspecified atom stereocenters. The van der Waals surface area contributed by atoms with Crippen molar-refractivity contribution in [3.8, 4) is 11.1 Å². The van der Waals surface area contributed by atoms with E-state index in [0.717, 1.165) is 12.1 Å². The SMILES string of the molecule is O=Cc1cc(-c2cc(F)c(Cl)c(F)c2)ccc1Cl. The maximum atomic E-state index is 13.3. The second kappa shape index (κ2) is 5.04. The molecule has 0 aliphatic heterocycles. The first kappa shape index (κ1) is 13.0. The van der Waals surface area contributed by atoms with Gasteiger partial charge in [0.2, 0.25) is 0 Å². The molecule has 5 heteroatoms. The molecule has 2 rings (SSSR count). The highest BCUT2D eigenvalue weighted by molar-refractivity contribution is 6.33. The number of hydrogen-bond donors (Lipinski definition) is 0. The van der Waals surface area contributed by atoms with Gasteiger partial charge in [-0.25, -0.2) is 8.78 Å². The van der Waals surface area contributed by atoms with Gasteiger partial charge in [-0.15, -0.1) is 0 Å². The minimum atomic E-state index is -0.853. The first-order chi connectivity index (χ1) is 8.52. The zero-order chi connectivity index (χ0) is 13.3. The van der Waals surface area contributed by atoms with Crippen molar-refractivity contribution in [3.63, 3.8) is 0 Å². The summed E-state index contributed by atoms with van der Waals surface area (Å²) in [5.41, 5.74) is 1.02. The Balaban J connectivity index is 2.58. The van der Waals surface area contributed by atoms with Crippen molar-refractivity contribution in [3.05, 3.63) is 57.6 Å². The van der Waals surface area contributed by atoms with Crippen LogP contribution < -0.4 is 0 Å². The molecule has 0 fully saturated rings. The van der Waals surface area contributed by atoms with Crippen molar-refractivity contribution in [1.29, 1.82) is 0 Å². The zero-order valence-electron chi connectivity index (χ0n) is 8.88. The van der Waals surface area contributed by atoms with Crippen LogP contribution >= 0.6 is 23.2 Å². The van der Waals surface area contributed by atoms with Gasteiger partial charge < -0.3 is 0 Å². The molecule has 0 saturated carbocycles. The summed E-state index contributed by atoms with van der Waals surface area (Å²) >= 11 is 11.2. The summed E-state index contributed by atoms with van der Waals surface area (Å²) < 4.78 is 26.6. The van der Waals surface area contributed by atoms with E-state index in [9.17, 15) is 13.6 Å². The van der Waals surface area contributed by atoms with Crippen LogP contribution in [0.5, 0.6) is 0 Å². The van der Waals surface area contributed by atoms with Crippen LogP contribution in [0.4, 0.5) is 8.78 Å². The van der Waals surface area contributed by atoms with E-state index in [0.29, 0.717) is 11.8 Å². The quantitative estimate of drug-likeness (QED) is 0.575. The van der Waals surface area contributed by atoms with Crippen molar-refractivity contribution < 1.29 is 13.6 Å². The molecular formula is C13H6Cl2F2O. The third kappa shape index (κ3) is 2.37. The lowest BCUT2D eigenvalue weighted by Gasteiger charge is -2.06. The highest BCUT2D eigenvalue weighted by Crippen LogP contribution is 2.29. The molecule has 18 heavy (non-hydrogen) atoms. The summed E-state index contributed by atoms with van der Waals surface area (Å²) in [5.74, 6) is -1.71. The van der Waals surface area contributed by atoms with Crippen LogP contribution in [0.2, 0.25) is 10.0 Å². The van der Waals surface area contributed by atoms with Gasteiger partial charge >= 0.3 is 0 Å². The number of rotatable bonds is 2. The highest BCUT2D eigenvalue weighted by atomic mass is 35.5. The minimum Gasteiger partial charge on any atom is -0.298 e. The molecule has 0 amide bonds. The van der Waals surface area contributed by atoms with E-state index in [-0.39, 0.29) is 16.1 Å². The lowest BCUT2D eigenvalue weighted by molar-refractivity contribution is 0.112. The van der Waals surface area contributed by atoms with Crippen molar-refractivity contribution in [1.82, 2.24) is 0 Å². The van der Waals surface area contributed by atoms with Gasteiger partial charge in [0.05, 0.1) is 5.02 Å². The molecule has 0 spiro atoms. The zero-order valence-corrected chi connectivity index (χ0v) is 10.4. The number of aldehydes is 1. The topological polar surface area (TPSA) is 17.1 Å². The molecule has 2 aromatic carbocycles. The molecule has 0 N–H and O–H groups in total. The van der Waals surface area contributed by atoms with Gasteiger partial charge in [0.25, 0.3) is 0 Å². The number of hydrogen-bond acceptors (Lipinski definition) is 1. The van der Waals surface area contributed by atoms with Gasteiger partial charge in [-0.3, -0.25) is 4.79 Å². The number of carbonyl (C=O) groups excluding carboxylic acids is 1. The molecule has 92 valence electrons. The van der Waals surface area contributed by atoms with Gasteiger partial charge in [0.1, 0.15) is 16.7 Å². The summed E-state index contributed by atoms with van der Waals surface area (Å²) in [7, 11) is 0. The third-order valence-corrected chi connectivity index (χ3v) is 3.15. The van der Waals surface area contributed by atoms with Crippen molar-refractivity contribution in [2.24, 2.45) is 0 Å². The van der Waals surface area contributed by atoms with Crippen LogP contribution in [0.1, 0.15) is 10.4 Å². The van der Waals surface area contributed by atoms with Gasteiger partial charge in [-0.1, -0.05) is 29.3 Å². The van der Waals surface area contributed by atoms with Gasteiger partial charge in [0.15, 0.2) is 6.29 Å². The lowest BCUT2D eigenvalue weighted by Crippen LogP contribution is -1.89. The van der Waals surface area contributed by atoms with Crippen molar-refractivity contribution >= 4 is 29.5 Å². The van der Waals surface area contributed by atoms with E-state index < -0.39 is 16.7 Å². The fourth-order valence-electron chi connectivity index (χ4n) is 1.54. The normalized spacial score (nSPS) is 10.4. The van der Waals surface area contributed by atoms with Crippen molar-refractivity contribution in [2.75, 3.05) is 0 Å². The van der Waals surface area contributed by atoms with E-state index in [4.69, 9.17) is 23.2 Å². The summed E-state index contributed by atoms with van der Waals surface area (Å²) in [4.78, 5) is 10.7. The Bertz CT molecular complexity index is 603. The van der Waals surface area contributed by atoms with Crippen LogP contribution in [0, 0.1) is 11.6 Å². The summed E-state index contributed by atoms with van der Waals surface area (Å²) in [6.45, 7) is 0. The van der Waals surface area contributed by atoms with Crippen LogP contribution in [0.3, 0.4) is 0 Å². The Morgan fingerprint density at radius 3 is 2.11 bits per heavy atom. The number of benzene rings is 2. The predicted molar refractivity (Wildman–Crippen MR) is 67.2 cm³/mol. The first-order valence-electron chi connectivity index (χ1n) is 4.92. The second-order valence-corrected chi connectivity index (χ2v) is 4.39. The summed E-state index contributed by atoms with van der Waals surface area (Å²) in [5, 5.41) is -0.271. The molecule has 0 aliphatic rings. The summed E-state index contributed by atoms with van der Waals surface area (Å²) in [6.07, 6.45) is 0.578. The standard InChI is InChI=1S/C13H6Cl2F2O/c14-10-2-1-7(3-9(10)6-18)8-4-11(16)13(15)12(17)5-8/h1-6H. The molecular weight excluding hydrogens is 281 g/mol. The van der Waals surface area contributed by atoms with Gasteiger partial charge in [0, 0.05) is 5.56 Å². The second-order valence-electron chi connectivity index (χ2n) is 3.61. The van der Waals surface area contributed by atoms with E-state index in [2.05, 4.69) is 0 Å². The highest BCUT2D eigenvalue weighted by Gasteiger charge is 2.11. The van der Waals surface area contributed by atoms with Crippen LogP contribution in [0.15, 0.2) is 30.3 Å². The van der Waals surface area contributed by atoms with Crippen LogP contribution in [0.25, 0.3) is 11.1 Å². The number of halogens is 4. The number of carbonyl (C=O) groups is 1. The van der Waals surface area contributed by atoms with Gasteiger partial charge in [-0.2, -0.15) is 0 Å².